The van der Waals surface area contributed by atoms with Gasteiger partial charge >= 0.3 is 0 Å². The number of halogens is 2. The summed E-state index contributed by atoms with van der Waals surface area (Å²) >= 11 is 0. The summed E-state index contributed by atoms with van der Waals surface area (Å²) in [6.45, 7) is 8.05. The molecular weight excluding hydrogens is 488 g/mol. The van der Waals surface area contributed by atoms with Crippen LogP contribution >= 0.6 is 0 Å². The molecule has 206 valence electrons. The molecule has 0 fully saturated rings. The highest BCUT2D eigenvalue weighted by molar-refractivity contribution is 6.00. The van der Waals surface area contributed by atoms with Crippen LogP contribution in [0.2, 0.25) is 0 Å². The van der Waals surface area contributed by atoms with Crippen LogP contribution in [0.3, 0.4) is 0 Å². The largest absolute Gasteiger partial charge is 0.390 e. The van der Waals surface area contributed by atoms with Crippen molar-refractivity contribution in [2.24, 2.45) is 0 Å². The molecule has 0 spiro atoms. The molecule has 0 saturated carbocycles. The van der Waals surface area contributed by atoms with Gasteiger partial charge in [0.2, 0.25) is 0 Å². The van der Waals surface area contributed by atoms with Gasteiger partial charge in [-0.2, -0.15) is 0 Å². The molecule has 0 radical (unpaired) electrons. The number of carbonyl (C=O) groups excluding carboxylic acids is 2. The predicted octanol–water partition coefficient (Wildman–Crippen LogP) is 4.30. The van der Waals surface area contributed by atoms with Crippen LogP contribution < -0.4 is 10.6 Å². The molecule has 2 rings (SSSR count). The van der Waals surface area contributed by atoms with Gasteiger partial charge in [0.1, 0.15) is 11.6 Å². The van der Waals surface area contributed by atoms with E-state index in [0.717, 1.165) is 31.7 Å². The zero-order valence-corrected chi connectivity index (χ0v) is 22.5. The van der Waals surface area contributed by atoms with Crippen LogP contribution in [0.25, 0.3) is 0 Å². The second kappa shape index (κ2) is 15.9. The van der Waals surface area contributed by atoms with Crippen molar-refractivity contribution in [1.29, 1.82) is 0 Å². The molecule has 3 N–H and O–H groups in total. The molecule has 0 heterocycles. The molecule has 0 aliphatic carbocycles. The number of aliphatic hydroxyl groups is 1. The SMILES string of the molecule is C#Cc1cc(C(=O)N[C@@H](Cc2cc(F)cc(F)c2)[C@H](O)CNCCCC)cc(C(=O)N(CCC)CCC)c1. The fourth-order valence-corrected chi connectivity index (χ4v) is 4.21. The van der Waals surface area contributed by atoms with Crippen molar-refractivity contribution < 1.29 is 23.5 Å². The van der Waals surface area contributed by atoms with Gasteiger partial charge in [0.15, 0.2) is 0 Å². The van der Waals surface area contributed by atoms with E-state index in [1.165, 1.54) is 24.3 Å². The van der Waals surface area contributed by atoms with Crippen molar-refractivity contribution in [3.8, 4) is 12.3 Å². The number of nitrogens with zero attached hydrogens (tertiary/aromatic N) is 1. The number of benzene rings is 2. The number of unbranched alkanes of at least 4 members (excludes halogenated alkanes) is 1. The second-order valence-corrected chi connectivity index (χ2v) is 9.42. The summed E-state index contributed by atoms with van der Waals surface area (Å²) in [4.78, 5) is 28.2. The summed E-state index contributed by atoms with van der Waals surface area (Å²) in [6, 6.07) is 6.82. The first-order chi connectivity index (χ1) is 18.2. The van der Waals surface area contributed by atoms with Gasteiger partial charge in [-0.15, -0.1) is 6.42 Å². The first-order valence-electron chi connectivity index (χ1n) is 13.3. The van der Waals surface area contributed by atoms with Crippen LogP contribution in [-0.4, -0.2) is 60.1 Å². The fourth-order valence-electron chi connectivity index (χ4n) is 4.21. The molecule has 0 aliphatic heterocycles. The Bertz CT molecular complexity index is 1090. The molecule has 0 aromatic heterocycles. The molecule has 0 bridgehead atoms. The van der Waals surface area contributed by atoms with Crippen LogP contribution in [0, 0.1) is 24.0 Å². The average molecular weight is 528 g/mol. The Morgan fingerprint density at radius 2 is 1.61 bits per heavy atom. The minimum atomic E-state index is -1.04. The van der Waals surface area contributed by atoms with Crippen LogP contribution in [0.15, 0.2) is 36.4 Å². The summed E-state index contributed by atoms with van der Waals surface area (Å²) in [5.41, 5.74) is 1.14. The number of hydrogen-bond donors (Lipinski definition) is 3. The Balaban J connectivity index is 2.33. The lowest BCUT2D eigenvalue weighted by atomic mass is 9.99. The van der Waals surface area contributed by atoms with Crippen molar-refractivity contribution in [1.82, 2.24) is 15.5 Å². The average Bonchev–Trinajstić information content (AvgIpc) is 2.89. The highest BCUT2D eigenvalue weighted by Gasteiger charge is 2.24. The first kappa shape index (κ1) is 30.9. The van der Waals surface area contributed by atoms with Crippen molar-refractivity contribution in [3.63, 3.8) is 0 Å². The van der Waals surface area contributed by atoms with Gasteiger partial charge in [0, 0.05) is 42.4 Å². The summed E-state index contributed by atoms with van der Waals surface area (Å²) in [7, 11) is 0. The maximum atomic E-state index is 13.8. The van der Waals surface area contributed by atoms with Gasteiger partial charge in [0.25, 0.3) is 11.8 Å². The molecule has 38 heavy (non-hydrogen) atoms. The van der Waals surface area contributed by atoms with Gasteiger partial charge in [0.05, 0.1) is 12.1 Å². The molecule has 0 aliphatic rings. The van der Waals surface area contributed by atoms with Gasteiger partial charge < -0.3 is 20.6 Å². The van der Waals surface area contributed by atoms with Crippen molar-refractivity contribution in [3.05, 3.63) is 70.3 Å². The van der Waals surface area contributed by atoms with Gasteiger partial charge in [-0.05, 0) is 68.1 Å². The Kier molecular flexibility index (Phi) is 12.9. The first-order valence-corrected chi connectivity index (χ1v) is 13.3. The lowest BCUT2D eigenvalue weighted by molar-refractivity contribution is 0.0755. The lowest BCUT2D eigenvalue weighted by Gasteiger charge is -2.25. The third-order valence-corrected chi connectivity index (χ3v) is 6.10. The minimum Gasteiger partial charge on any atom is -0.390 e. The van der Waals surface area contributed by atoms with Gasteiger partial charge in [-0.25, -0.2) is 8.78 Å². The number of carbonyl (C=O) groups is 2. The Labute approximate surface area is 224 Å². The highest BCUT2D eigenvalue weighted by Crippen LogP contribution is 2.16. The molecule has 2 atom stereocenters. The van der Waals surface area contributed by atoms with Crippen molar-refractivity contribution in [2.75, 3.05) is 26.2 Å². The van der Waals surface area contributed by atoms with E-state index in [-0.39, 0.29) is 24.4 Å². The molecule has 0 unspecified atom stereocenters. The van der Waals surface area contributed by atoms with E-state index in [2.05, 4.69) is 16.6 Å². The standard InChI is InChI=1S/C30H39F2N3O3/c1-5-9-10-33-20-28(36)27(17-22-15-25(31)19-26(32)16-22)34-29(37)23-13-21(8-4)14-24(18-23)30(38)35(11-6-2)12-7-3/h4,13-16,18-19,27-28,33,36H,5-7,9-12,17,20H2,1-3H3,(H,34,37)/t27-,28+/m0/s1. The zero-order valence-electron chi connectivity index (χ0n) is 22.5. The van der Waals surface area contributed by atoms with Crippen molar-refractivity contribution in [2.45, 2.75) is 65.0 Å². The van der Waals surface area contributed by atoms with E-state index in [0.29, 0.717) is 36.3 Å². The van der Waals surface area contributed by atoms with E-state index in [9.17, 15) is 23.5 Å². The summed E-state index contributed by atoms with van der Waals surface area (Å²) in [5, 5.41) is 16.8. The quantitative estimate of drug-likeness (QED) is 0.238. The number of hydrogen-bond acceptors (Lipinski definition) is 4. The normalized spacial score (nSPS) is 12.4. The predicted molar refractivity (Wildman–Crippen MR) is 146 cm³/mol. The van der Waals surface area contributed by atoms with Gasteiger partial charge in [-0.3, -0.25) is 9.59 Å². The maximum Gasteiger partial charge on any atom is 0.253 e. The van der Waals surface area contributed by atoms with Crippen LogP contribution in [0.5, 0.6) is 0 Å². The van der Waals surface area contributed by atoms with Gasteiger partial charge in [-0.1, -0.05) is 33.1 Å². The zero-order chi connectivity index (χ0) is 28.1. The molecule has 2 aromatic rings. The Hall–Kier alpha value is -3.28. The van der Waals surface area contributed by atoms with E-state index in [1.54, 1.807) is 11.0 Å². The molecular formula is C30H39F2N3O3. The smallest absolute Gasteiger partial charge is 0.253 e. The van der Waals surface area contributed by atoms with Crippen molar-refractivity contribution >= 4 is 11.8 Å². The third-order valence-electron chi connectivity index (χ3n) is 6.10. The number of nitrogens with one attached hydrogen (secondary N) is 2. The highest BCUT2D eigenvalue weighted by atomic mass is 19.1. The monoisotopic (exact) mass is 527 g/mol. The summed E-state index contributed by atoms with van der Waals surface area (Å²) in [6.07, 6.45) is 8.06. The lowest BCUT2D eigenvalue weighted by Crippen LogP contribution is -2.49. The molecule has 0 saturated heterocycles. The van der Waals surface area contributed by atoms with E-state index in [4.69, 9.17) is 6.42 Å². The second-order valence-electron chi connectivity index (χ2n) is 9.42. The van der Waals surface area contributed by atoms with Crippen LogP contribution in [0.4, 0.5) is 8.78 Å². The van der Waals surface area contributed by atoms with Crippen LogP contribution in [0.1, 0.15) is 78.3 Å². The number of rotatable bonds is 15. The molecule has 6 nitrogen and oxygen atoms in total. The minimum absolute atomic E-state index is 0.00155. The molecule has 2 amide bonds. The van der Waals surface area contributed by atoms with E-state index >= 15 is 0 Å². The topological polar surface area (TPSA) is 81.7 Å². The Morgan fingerprint density at radius 3 is 2.18 bits per heavy atom. The third kappa shape index (κ3) is 9.55. The molecule has 8 heteroatoms. The number of terminal acetylenes is 1. The van der Waals surface area contributed by atoms with E-state index < -0.39 is 29.7 Å². The molecule has 2 aromatic carbocycles. The van der Waals surface area contributed by atoms with E-state index in [1.807, 2.05) is 20.8 Å². The number of aliphatic hydroxyl groups excluding tert-OH is 1. The number of amides is 2. The summed E-state index contributed by atoms with van der Waals surface area (Å²) in [5.74, 6) is 0.244. The van der Waals surface area contributed by atoms with Crippen LogP contribution in [-0.2, 0) is 6.42 Å². The summed E-state index contributed by atoms with van der Waals surface area (Å²) < 4.78 is 27.6. The maximum absolute atomic E-state index is 13.8. The Morgan fingerprint density at radius 1 is 0.974 bits per heavy atom. The fraction of sp³-hybridized carbons (Fsp3) is 0.467.